The van der Waals surface area contributed by atoms with Crippen LogP contribution in [0.2, 0.25) is 0 Å². The van der Waals surface area contributed by atoms with Gasteiger partial charge in [-0.05, 0) is 35.0 Å². The minimum absolute atomic E-state index is 0.0230. The van der Waals surface area contributed by atoms with Gasteiger partial charge in [0.15, 0.2) is 6.29 Å². The topological polar surface area (TPSA) is 37.3 Å². The van der Waals surface area contributed by atoms with Crippen molar-refractivity contribution in [2.45, 2.75) is 0 Å². The summed E-state index contributed by atoms with van der Waals surface area (Å²) in [5, 5.41) is 11.3. The molecular formula is C11H7BrO2. The number of benzene rings is 2. The molecule has 0 aliphatic rings. The maximum atomic E-state index is 10.6. The third-order valence-corrected chi connectivity index (χ3v) is 2.57. The number of rotatable bonds is 1. The van der Waals surface area contributed by atoms with Crippen LogP contribution in [0.25, 0.3) is 10.8 Å². The van der Waals surface area contributed by atoms with Gasteiger partial charge in [-0.25, -0.2) is 0 Å². The Morgan fingerprint density at radius 2 is 1.93 bits per heavy atom. The number of halogens is 1. The fourth-order valence-corrected chi connectivity index (χ4v) is 1.75. The predicted molar refractivity (Wildman–Crippen MR) is 58.7 cm³/mol. The highest BCUT2D eigenvalue weighted by atomic mass is 79.9. The lowest BCUT2D eigenvalue weighted by Gasteiger charge is -2.02. The number of carbonyl (C=O) groups is 1. The summed E-state index contributed by atoms with van der Waals surface area (Å²) < 4.78 is 0.951. The molecule has 0 heterocycles. The van der Waals surface area contributed by atoms with E-state index >= 15 is 0 Å². The second-order valence-corrected chi connectivity index (χ2v) is 3.94. The van der Waals surface area contributed by atoms with Crippen molar-refractivity contribution in [1.82, 2.24) is 0 Å². The number of fused-ring (bicyclic) bond motifs is 1. The van der Waals surface area contributed by atoms with Gasteiger partial charge in [0.25, 0.3) is 0 Å². The lowest BCUT2D eigenvalue weighted by Crippen LogP contribution is -1.82. The van der Waals surface area contributed by atoms with E-state index in [9.17, 15) is 9.90 Å². The lowest BCUT2D eigenvalue weighted by molar-refractivity contribution is 0.112. The predicted octanol–water partition coefficient (Wildman–Crippen LogP) is 3.12. The Morgan fingerprint density at radius 3 is 2.64 bits per heavy atom. The zero-order valence-corrected chi connectivity index (χ0v) is 8.78. The first kappa shape index (κ1) is 9.21. The Bertz CT molecular complexity index is 506. The standard InChI is InChI=1S/C11H7BrO2/c12-10-2-1-7-5-11(14)9(6-13)3-8(7)4-10/h1-6,14H. The molecule has 0 atom stereocenters. The van der Waals surface area contributed by atoms with Crippen LogP contribution in [-0.4, -0.2) is 11.4 Å². The number of phenolic OH excluding ortho intramolecular Hbond substituents is 1. The summed E-state index contributed by atoms with van der Waals surface area (Å²) in [5.74, 6) is 0.0230. The van der Waals surface area contributed by atoms with Gasteiger partial charge < -0.3 is 5.11 Å². The lowest BCUT2D eigenvalue weighted by atomic mass is 10.1. The zero-order chi connectivity index (χ0) is 10.1. The molecule has 70 valence electrons. The van der Waals surface area contributed by atoms with Gasteiger partial charge in [-0.1, -0.05) is 22.0 Å². The van der Waals surface area contributed by atoms with Gasteiger partial charge >= 0.3 is 0 Å². The van der Waals surface area contributed by atoms with Gasteiger partial charge in [0, 0.05) is 4.47 Å². The summed E-state index contributed by atoms with van der Waals surface area (Å²) in [5.41, 5.74) is 0.315. The molecule has 0 aliphatic heterocycles. The summed E-state index contributed by atoms with van der Waals surface area (Å²) in [6.45, 7) is 0. The smallest absolute Gasteiger partial charge is 0.153 e. The quantitative estimate of drug-likeness (QED) is 0.790. The van der Waals surface area contributed by atoms with Gasteiger partial charge in [-0.3, -0.25) is 4.79 Å². The normalized spacial score (nSPS) is 10.4. The second-order valence-electron chi connectivity index (χ2n) is 3.02. The highest BCUT2D eigenvalue weighted by molar-refractivity contribution is 9.10. The molecule has 3 heteroatoms. The van der Waals surface area contributed by atoms with Crippen LogP contribution < -0.4 is 0 Å². The summed E-state index contributed by atoms with van der Waals surface area (Å²) in [6, 6.07) is 8.94. The van der Waals surface area contributed by atoms with E-state index in [1.54, 1.807) is 12.1 Å². The molecule has 0 fully saturated rings. The minimum Gasteiger partial charge on any atom is -0.507 e. The van der Waals surface area contributed by atoms with Crippen molar-refractivity contribution in [1.29, 1.82) is 0 Å². The van der Waals surface area contributed by atoms with Crippen molar-refractivity contribution < 1.29 is 9.90 Å². The van der Waals surface area contributed by atoms with E-state index in [2.05, 4.69) is 15.9 Å². The number of carbonyl (C=O) groups excluding carboxylic acids is 1. The highest BCUT2D eigenvalue weighted by Gasteiger charge is 2.02. The number of aromatic hydroxyl groups is 1. The molecule has 2 aromatic rings. The van der Waals surface area contributed by atoms with E-state index in [-0.39, 0.29) is 5.75 Å². The first-order valence-electron chi connectivity index (χ1n) is 4.08. The molecule has 1 N–H and O–H groups in total. The number of phenols is 1. The van der Waals surface area contributed by atoms with Crippen LogP contribution in [0, 0.1) is 0 Å². The summed E-state index contributed by atoms with van der Waals surface area (Å²) in [6.07, 6.45) is 0.648. The molecule has 0 spiro atoms. The molecule has 0 aliphatic carbocycles. The molecule has 0 bridgehead atoms. The first-order chi connectivity index (χ1) is 6.70. The Kier molecular flexibility index (Phi) is 2.25. The Morgan fingerprint density at radius 1 is 1.14 bits per heavy atom. The van der Waals surface area contributed by atoms with Crippen LogP contribution in [0.1, 0.15) is 10.4 Å². The molecule has 0 aromatic heterocycles. The maximum Gasteiger partial charge on any atom is 0.153 e. The molecular weight excluding hydrogens is 244 g/mol. The molecule has 2 aromatic carbocycles. The van der Waals surface area contributed by atoms with Gasteiger partial charge in [-0.2, -0.15) is 0 Å². The Labute approximate surface area is 89.3 Å². The van der Waals surface area contributed by atoms with Crippen molar-refractivity contribution in [3.05, 3.63) is 40.4 Å². The molecule has 0 saturated carbocycles. The van der Waals surface area contributed by atoms with Gasteiger partial charge in [-0.15, -0.1) is 0 Å². The largest absolute Gasteiger partial charge is 0.507 e. The highest BCUT2D eigenvalue weighted by Crippen LogP contribution is 2.26. The Balaban J connectivity index is 2.79. The van der Waals surface area contributed by atoms with Gasteiger partial charge in [0.2, 0.25) is 0 Å². The minimum atomic E-state index is 0.0230. The molecule has 0 unspecified atom stereocenters. The summed E-state index contributed by atoms with van der Waals surface area (Å²) >= 11 is 3.35. The molecule has 0 radical (unpaired) electrons. The Hall–Kier alpha value is -1.35. The van der Waals surface area contributed by atoms with E-state index < -0.39 is 0 Å². The molecule has 2 nitrogen and oxygen atoms in total. The number of aldehydes is 1. The average molecular weight is 251 g/mol. The maximum absolute atomic E-state index is 10.6. The van der Waals surface area contributed by atoms with Crippen molar-refractivity contribution in [2.24, 2.45) is 0 Å². The van der Waals surface area contributed by atoms with Crippen molar-refractivity contribution in [3.63, 3.8) is 0 Å². The zero-order valence-electron chi connectivity index (χ0n) is 7.20. The monoisotopic (exact) mass is 250 g/mol. The molecule has 0 saturated heterocycles. The fourth-order valence-electron chi connectivity index (χ4n) is 1.37. The number of hydrogen-bond acceptors (Lipinski definition) is 2. The third-order valence-electron chi connectivity index (χ3n) is 2.07. The SMILES string of the molecule is O=Cc1cc2cc(Br)ccc2cc1O. The second kappa shape index (κ2) is 3.42. The molecule has 2 rings (SSSR count). The third kappa shape index (κ3) is 1.51. The average Bonchev–Trinajstić information content (AvgIpc) is 2.17. The van der Waals surface area contributed by atoms with Crippen LogP contribution >= 0.6 is 15.9 Å². The summed E-state index contributed by atoms with van der Waals surface area (Å²) in [7, 11) is 0. The van der Waals surface area contributed by atoms with Gasteiger partial charge in [0.1, 0.15) is 5.75 Å². The van der Waals surface area contributed by atoms with Crippen LogP contribution in [0.4, 0.5) is 0 Å². The van der Waals surface area contributed by atoms with Crippen LogP contribution in [-0.2, 0) is 0 Å². The molecule has 0 amide bonds. The van der Waals surface area contributed by atoms with E-state index in [1.807, 2.05) is 18.2 Å². The fraction of sp³-hybridized carbons (Fsp3) is 0. The van der Waals surface area contributed by atoms with Crippen molar-refractivity contribution in [3.8, 4) is 5.75 Å². The number of hydrogen-bond donors (Lipinski definition) is 1. The van der Waals surface area contributed by atoms with Crippen LogP contribution in [0.5, 0.6) is 5.75 Å². The van der Waals surface area contributed by atoms with Gasteiger partial charge in [0.05, 0.1) is 5.56 Å². The van der Waals surface area contributed by atoms with Crippen LogP contribution in [0.3, 0.4) is 0 Å². The van der Waals surface area contributed by atoms with E-state index in [4.69, 9.17) is 0 Å². The van der Waals surface area contributed by atoms with Crippen molar-refractivity contribution in [2.75, 3.05) is 0 Å². The first-order valence-corrected chi connectivity index (χ1v) is 4.87. The van der Waals surface area contributed by atoms with E-state index in [0.717, 1.165) is 15.2 Å². The van der Waals surface area contributed by atoms with E-state index in [1.165, 1.54) is 0 Å². The molecule has 14 heavy (non-hydrogen) atoms. The van der Waals surface area contributed by atoms with Crippen LogP contribution in [0.15, 0.2) is 34.8 Å². The van der Waals surface area contributed by atoms with E-state index in [0.29, 0.717) is 11.8 Å². The van der Waals surface area contributed by atoms with Crippen molar-refractivity contribution >= 4 is 33.0 Å². The summed E-state index contributed by atoms with van der Waals surface area (Å²) in [4.78, 5) is 10.6.